The van der Waals surface area contributed by atoms with Gasteiger partial charge in [-0.2, -0.15) is 5.10 Å². The van der Waals surface area contributed by atoms with Crippen molar-refractivity contribution in [2.45, 2.75) is 33.2 Å². The van der Waals surface area contributed by atoms with Crippen molar-refractivity contribution < 1.29 is 14.3 Å². The van der Waals surface area contributed by atoms with Crippen LogP contribution in [0, 0.1) is 6.92 Å². The summed E-state index contributed by atoms with van der Waals surface area (Å²) in [5.74, 6) is -1.02. The Labute approximate surface area is 162 Å². The second-order valence-corrected chi connectivity index (χ2v) is 6.55. The van der Waals surface area contributed by atoms with Crippen LogP contribution in [-0.4, -0.2) is 34.8 Å². The van der Waals surface area contributed by atoms with Crippen molar-refractivity contribution in [1.29, 1.82) is 0 Å². The summed E-state index contributed by atoms with van der Waals surface area (Å²) in [6, 6.07) is 7.32. The fourth-order valence-electron chi connectivity index (χ4n) is 2.34. The Morgan fingerprint density at radius 1 is 1.27 bits per heavy atom. The number of hydrogen-bond acceptors (Lipinski definition) is 4. The number of rotatable bonds is 8. The molecule has 0 saturated carbocycles. The maximum absolute atomic E-state index is 12.3. The van der Waals surface area contributed by atoms with Crippen LogP contribution in [0.4, 0.5) is 0 Å². The van der Waals surface area contributed by atoms with Crippen LogP contribution in [0.15, 0.2) is 24.3 Å². The molecule has 2 aromatic rings. The van der Waals surface area contributed by atoms with Gasteiger partial charge in [-0.25, -0.2) is 9.48 Å². The molecule has 0 bridgehead atoms. The van der Waals surface area contributed by atoms with Gasteiger partial charge >= 0.3 is 5.97 Å². The van der Waals surface area contributed by atoms with Crippen LogP contribution in [0.25, 0.3) is 0 Å². The number of esters is 1. The molecule has 0 spiro atoms. The highest BCUT2D eigenvalue weighted by atomic mass is 35.5. The quantitative estimate of drug-likeness (QED) is 0.545. The Kier molecular flexibility index (Phi) is 7.48. The molecule has 0 radical (unpaired) electrons. The molecular formula is C18H21Cl2N3O3. The number of unbranched alkanes of at least 4 members (excludes halogenated alkanes) is 1. The first-order valence-corrected chi connectivity index (χ1v) is 9.09. The van der Waals surface area contributed by atoms with Gasteiger partial charge in [0.25, 0.3) is 5.91 Å². The van der Waals surface area contributed by atoms with Gasteiger partial charge in [0.2, 0.25) is 0 Å². The largest absolute Gasteiger partial charge is 0.452 e. The molecule has 0 aliphatic rings. The summed E-state index contributed by atoms with van der Waals surface area (Å²) in [4.78, 5) is 23.9. The highest BCUT2D eigenvalue weighted by Crippen LogP contribution is 2.24. The van der Waals surface area contributed by atoms with Crippen LogP contribution in [0.5, 0.6) is 0 Å². The summed E-state index contributed by atoms with van der Waals surface area (Å²) in [6.45, 7) is 4.21. The molecule has 2 rings (SSSR count). The lowest BCUT2D eigenvalue weighted by molar-refractivity contribution is -0.124. The van der Waals surface area contributed by atoms with E-state index in [1.54, 1.807) is 13.0 Å². The van der Waals surface area contributed by atoms with Gasteiger partial charge in [0, 0.05) is 11.6 Å². The second kappa shape index (κ2) is 9.59. The lowest BCUT2D eigenvalue weighted by Crippen LogP contribution is -2.29. The summed E-state index contributed by atoms with van der Waals surface area (Å²) in [7, 11) is 0. The van der Waals surface area contributed by atoms with Gasteiger partial charge in [0.1, 0.15) is 10.7 Å². The van der Waals surface area contributed by atoms with E-state index in [1.165, 1.54) is 4.68 Å². The topological polar surface area (TPSA) is 73.2 Å². The minimum atomic E-state index is -0.677. The summed E-state index contributed by atoms with van der Waals surface area (Å²) in [5, 5.41) is 7.70. The van der Waals surface area contributed by atoms with E-state index in [-0.39, 0.29) is 23.2 Å². The number of ether oxygens (including phenoxy) is 1. The predicted molar refractivity (Wildman–Crippen MR) is 101 cm³/mol. The molecule has 26 heavy (non-hydrogen) atoms. The maximum atomic E-state index is 12.3. The molecule has 1 N–H and O–H groups in total. The van der Waals surface area contributed by atoms with E-state index in [1.807, 2.05) is 25.1 Å². The van der Waals surface area contributed by atoms with Crippen LogP contribution in [0.1, 0.15) is 41.4 Å². The third kappa shape index (κ3) is 5.22. The zero-order chi connectivity index (χ0) is 19.1. The average molecular weight is 398 g/mol. The second-order valence-electron chi connectivity index (χ2n) is 5.78. The van der Waals surface area contributed by atoms with Crippen molar-refractivity contribution in [1.82, 2.24) is 15.1 Å². The first-order chi connectivity index (χ1) is 12.4. The molecule has 0 unspecified atom stereocenters. The Morgan fingerprint density at radius 2 is 2.00 bits per heavy atom. The molecule has 1 amide bonds. The van der Waals surface area contributed by atoms with Crippen LogP contribution in [-0.2, 0) is 16.1 Å². The standard InChI is InChI=1S/C18H21Cl2N3O3/c1-3-4-9-21-15(24)11-26-18(25)16-12(2)22-23(17(16)20)10-13-7-5-6-8-14(13)19/h5-8H,3-4,9-11H2,1-2H3,(H,21,24). The van der Waals surface area contributed by atoms with Gasteiger partial charge in [-0.1, -0.05) is 54.7 Å². The van der Waals surface area contributed by atoms with Gasteiger partial charge in [0.15, 0.2) is 6.61 Å². The fraction of sp³-hybridized carbons (Fsp3) is 0.389. The normalized spacial score (nSPS) is 10.6. The number of benzene rings is 1. The Morgan fingerprint density at radius 3 is 2.69 bits per heavy atom. The molecule has 8 heteroatoms. The Hall–Kier alpha value is -2.05. The summed E-state index contributed by atoms with van der Waals surface area (Å²) in [6.07, 6.45) is 1.85. The minimum absolute atomic E-state index is 0.152. The third-order valence-electron chi connectivity index (χ3n) is 3.73. The number of halogens is 2. The lowest BCUT2D eigenvalue weighted by atomic mass is 10.2. The first kappa shape index (κ1) is 20.3. The number of aryl methyl sites for hydroxylation is 1. The van der Waals surface area contributed by atoms with Gasteiger partial charge < -0.3 is 10.1 Å². The number of nitrogens with zero attached hydrogens (tertiary/aromatic N) is 2. The number of hydrogen-bond donors (Lipinski definition) is 1. The highest BCUT2D eigenvalue weighted by molar-refractivity contribution is 6.33. The molecule has 6 nitrogen and oxygen atoms in total. The van der Waals surface area contributed by atoms with E-state index >= 15 is 0 Å². The van der Waals surface area contributed by atoms with Crippen molar-refractivity contribution in [2.24, 2.45) is 0 Å². The average Bonchev–Trinajstić information content (AvgIpc) is 2.89. The van der Waals surface area contributed by atoms with Crippen molar-refractivity contribution in [3.05, 3.63) is 51.3 Å². The van der Waals surface area contributed by atoms with Crippen molar-refractivity contribution in [2.75, 3.05) is 13.2 Å². The number of carbonyl (C=O) groups excluding carboxylic acids is 2. The van der Waals surface area contributed by atoms with Crippen LogP contribution < -0.4 is 5.32 Å². The summed E-state index contributed by atoms with van der Waals surface area (Å²) in [5.41, 5.74) is 1.41. The summed E-state index contributed by atoms with van der Waals surface area (Å²) < 4.78 is 6.54. The zero-order valence-electron chi connectivity index (χ0n) is 14.7. The number of aromatic nitrogens is 2. The molecule has 0 fully saturated rings. The SMILES string of the molecule is CCCCNC(=O)COC(=O)c1c(C)nn(Cc2ccccc2Cl)c1Cl. The fourth-order valence-corrected chi connectivity index (χ4v) is 2.84. The maximum Gasteiger partial charge on any atom is 0.343 e. The predicted octanol–water partition coefficient (Wildman–Crippen LogP) is 3.62. The Balaban J connectivity index is 2.03. The molecule has 0 saturated heterocycles. The van der Waals surface area contributed by atoms with Gasteiger partial charge in [-0.3, -0.25) is 4.79 Å². The van der Waals surface area contributed by atoms with Crippen molar-refractivity contribution in [3.63, 3.8) is 0 Å². The van der Waals surface area contributed by atoms with E-state index in [4.69, 9.17) is 27.9 Å². The van der Waals surface area contributed by atoms with Gasteiger partial charge in [0.05, 0.1) is 12.2 Å². The van der Waals surface area contributed by atoms with E-state index < -0.39 is 5.97 Å². The lowest BCUT2D eigenvalue weighted by Gasteiger charge is -2.07. The molecule has 140 valence electrons. The molecule has 0 aliphatic carbocycles. The van der Waals surface area contributed by atoms with E-state index in [0.717, 1.165) is 18.4 Å². The number of nitrogens with one attached hydrogen (secondary N) is 1. The molecule has 1 heterocycles. The van der Waals surface area contributed by atoms with Crippen molar-refractivity contribution >= 4 is 35.1 Å². The van der Waals surface area contributed by atoms with Crippen LogP contribution >= 0.6 is 23.2 Å². The Bertz CT molecular complexity index is 790. The number of amides is 1. The molecule has 1 aromatic carbocycles. The van der Waals surface area contributed by atoms with Crippen LogP contribution in [0.3, 0.4) is 0 Å². The number of carbonyl (C=O) groups is 2. The van der Waals surface area contributed by atoms with Crippen LogP contribution in [0.2, 0.25) is 10.2 Å². The molecular weight excluding hydrogens is 377 g/mol. The summed E-state index contributed by atoms with van der Waals surface area (Å²) >= 11 is 12.5. The smallest absolute Gasteiger partial charge is 0.343 e. The van der Waals surface area contributed by atoms with Crippen molar-refractivity contribution in [3.8, 4) is 0 Å². The van der Waals surface area contributed by atoms with Gasteiger partial charge in [-0.05, 0) is 25.0 Å². The minimum Gasteiger partial charge on any atom is -0.452 e. The molecule has 0 aliphatic heterocycles. The molecule has 0 atom stereocenters. The third-order valence-corrected chi connectivity index (χ3v) is 4.49. The monoisotopic (exact) mass is 397 g/mol. The van der Waals surface area contributed by atoms with Gasteiger partial charge in [-0.15, -0.1) is 0 Å². The highest BCUT2D eigenvalue weighted by Gasteiger charge is 2.22. The molecule has 1 aromatic heterocycles. The van der Waals surface area contributed by atoms with E-state index in [9.17, 15) is 9.59 Å². The van der Waals surface area contributed by atoms with E-state index in [2.05, 4.69) is 10.4 Å². The van der Waals surface area contributed by atoms with E-state index in [0.29, 0.717) is 23.8 Å². The first-order valence-electron chi connectivity index (χ1n) is 8.34. The zero-order valence-corrected chi connectivity index (χ0v) is 16.2.